The van der Waals surface area contributed by atoms with Crippen molar-refractivity contribution in [3.8, 4) is 0 Å². The first-order valence-corrected chi connectivity index (χ1v) is 5.10. The van der Waals surface area contributed by atoms with Gasteiger partial charge in [0.25, 0.3) is 5.91 Å². The lowest BCUT2D eigenvalue weighted by atomic mass is 10.3. The van der Waals surface area contributed by atoms with Crippen LogP contribution in [-0.2, 0) is 0 Å². The number of hydrogen-bond acceptors (Lipinski definition) is 3. The second kappa shape index (κ2) is 4.55. The molecule has 1 heterocycles. The summed E-state index contributed by atoms with van der Waals surface area (Å²) in [7, 11) is 0. The van der Waals surface area contributed by atoms with E-state index in [9.17, 15) is 4.79 Å². The Morgan fingerprint density at radius 2 is 1.94 bits per heavy atom. The van der Waals surface area contributed by atoms with Gasteiger partial charge in [-0.25, -0.2) is 0 Å². The summed E-state index contributed by atoms with van der Waals surface area (Å²) < 4.78 is 4.70. The molecular weight excluding hydrogens is 251 g/mol. The average molecular weight is 257 g/mol. The molecule has 0 saturated carbocycles. The molecule has 0 aliphatic rings. The zero-order valence-electron chi connectivity index (χ0n) is 7.91. The predicted octanol–water partition coefficient (Wildman–Crippen LogP) is 3.23. The fraction of sp³-hybridized carbons (Fsp3) is 0. The van der Waals surface area contributed by atoms with Crippen molar-refractivity contribution >= 4 is 34.8 Å². The Hall–Kier alpha value is -1.52. The minimum Gasteiger partial charge on any atom is -0.351 e. The van der Waals surface area contributed by atoms with Gasteiger partial charge in [0, 0.05) is 6.07 Å². The monoisotopic (exact) mass is 256 g/mol. The lowest BCUT2D eigenvalue weighted by molar-refractivity contribution is 0.0988. The van der Waals surface area contributed by atoms with Gasteiger partial charge < -0.3 is 9.84 Å². The van der Waals surface area contributed by atoms with Gasteiger partial charge in [0.15, 0.2) is 0 Å². The van der Waals surface area contributed by atoms with E-state index in [0.717, 1.165) is 0 Å². The molecule has 0 aliphatic carbocycles. The SMILES string of the molecule is O=C(Nc1c(Cl)cccc1Cl)c1ccno1. The summed E-state index contributed by atoms with van der Waals surface area (Å²) in [5.41, 5.74) is 0.354. The Balaban J connectivity index is 2.25. The van der Waals surface area contributed by atoms with Gasteiger partial charge in [-0.3, -0.25) is 4.79 Å². The van der Waals surface area contributed by atoms with Gasteiger partial charge in [0.05, 0.1) is 21.9 Å². The molecule has 1 N–H and O–H groups in total. The van der Waals surface area contributed by atoms with Gasteiger partial charge >= 0.3 is 0 Å². The fourth-order valence-electron chi connectivity index (χ4n) is 1.13. The minimum absolute atomic E-state index is 0.0935. The Bertz CT molecular complexity index is 491. The first-order chi connectivity index (χ1) is 7.68. The Morgan fingerprint density at radius 1 is 1.25 bits per heavy atom. The summed E-state index contributed by atoms with van der Waals surface area (Å²) in [5.74, 6) is -0.358. The summed E-state index contributed by atoms with van der Waals surface area (Å²) in [6.45, 7) is 0. The van der Waals surface area contributed by atoms with Crippen LogP contribution in [0.15, 0.2) is 35.0 Å². The molecule has 0 spiro atoms. The van der Waals surface area contributed by atoms with Crippen LogP contribution in [0.1, 0.15) is 10.6 Å². The number of nitrogens with zero attached hydrogens (tertiary/aromatic N) is 1. The zero-order valence-corrected chi connectivity index (χ0v) is 9.42. The zero-order chi connectivity index (χ0) is 11.5. The third kappa shape index (κ3) is 2.18. The van der Waals surface area contributed by atoms with Gasteiger partial charge in [-0.1, -0.05) is 34.4 Å². The molecule has 82 valence electrons. The van der Waals surface area contributed by atoms with Crippen LogP contribution in [0.2, 0.25) is 10.0 Å². The van der Waals surface area contributed by atoms with Crippen molar-refractivity contribution in [2.45, 2.75) is 0 Å². The third-order valence-electron chi connectivity index (χ3n) is 1.86. The molecule has 0 bridgehead atoms. The summed E-state index contributed by atoms with van der Waals surface area (Å²) in [6, 6.07) is 6.39. The number of hydrogen-bond donors (Lipinski definition) is 1. The molecule has 0 saturated heterocycles. The van der Waals surface area contributed by atoms with E-state index >= 15 is 0 Å². The number of carbonyl (C=O) groups is 1. The molecule has 4 nitrogen and oxygen atoms in total. The average Bonchev–Trinajstić information content (AvgIpc) is 2.76. The number of anilines is 1. The normalized spacial score (nSPS) is 10.1. The summed E-state index contributed by atoms with van der Waals surface area (Å²) in [4.78, 5) is 11.6. The van der Waals surface area contributed by atoms with Crippen LogP contribution in [0.25, 0.3) is 0 Å². The molecule has 0 fully saturated rings. The molecule has 2 aromatic rings. The highest BCUT2D eigenvalue weighted by molar-refractivity contribution is 6.39. The van der Waals surface area contributed by atoms with Gasteiger partial charge in [-0.15, -0.1) is 0 Å². The quantitative estimate of drug-likeness (QED) is 0.898. The highest BCUT2D eigenvalue weighted by Gasteiger charge is 2.13. The van der Waals surface area contributed by atoms with Gasteiger partial charge in [-0.05, 0) is 12.1 Å². The lowest BCUT2D eigenvalue weighted by Gasteiger charge is -2.06. The molecule has 1 aromatic heterocycles. The molecule has 1 amide bonds. The van der Waals surface area contributed by atoms with Crippen molar-refractivity contribution in [1.29, 1.82) is 0 Å². The number of amides is 1. The number of nitrogens with one attached hydrogen (secondary N) is 1. The second-order valence-electron chi connectivity index (χ2n) is 2.93. The Kier molecular flexibility index (Phi) is 3.12. The topological polar surface area (TPSA) is 55.1 Å². The van der Waals surface area contributed by atoms with Crippen molar-refractivity contribution in [3.63, 3.8) is 0 Å². The molecule has 1 aromatic carbocycles. The van der Waals surface area contributed by atoms with Crippen LogP contribution >= 0.6 is 23.2 Å². The second-order valence-corrected chi connectivity index (χ2v) is 3.74. The van der Waals surface area contributed by atoms with E-state index in [0.29, 0.717) is 15.7 Å². The first kappa shape index (κ1) is 11.0. The van der Waals surface area contributed by atoms with E-state index < -0.39 is 5.91 Å². The lowest BCUT2D eigenvalue weighted by Crippen LogP contribution is -2.11. The number of aromatic nitrogens is 1. The standard InChI is InChI=1S/C10H6Cl2N2O2/c11-6-2-1-3-7(12)9(6)14-10(15)8-4-5-13-16-8/h1-5H,(H,14,15). The van der Waals surface area contributed by atoms with Crippen LogP contribution in [0, 0.1) is 0 Å². The number of benzene rings is 1. The van der Waals surface area contributed by atoms with Crippen molar-refractivity contribution in [1.82, 2.24) is 5.16 Å². The first-order valence-electron chi connectivity index (χ1n) is 4.34. The van der Waals surface area contributed by atoms with Crippen LogP contribution in [-0.4, -0.2) is 11.1 Å². The molecule has 2 rings (SSSR count). The smallest absolute Gasteiger partial charge is 0.294 e. The van der Waals surface area contributed by atoms with Crippen LogP contribution < -0.4 is 5.32 Å². The molecule has 0 aliphatic heterocycles. The molecule has 6 heteroatoms. The molecular formula is C10H6Cl2N2O2. The third-order valence-corrected chi connectivity index (χ3v) is 2.49. The number of carbonyl (C=O) groups excluding carboxylic acids is 1. The van der Waals surface area contributed by atoms with Crippen molar-refractivity contribution in [2.24, 2.45) is 0 Å². The summed E-state index contributed by atoms with van der Waals surface area (Å²) in [5, 5.41) is 6.70. The van der Waals surface area contributed by atoms with Gasteiger partial charge in [-0.2, -0.15) is 0 Å². The molecule has 0 atom stereocenters. The number of halogens is 2. The van der Waals surface area contributed by atoms with Crippen molar-refractivity contribution in [3.05, 3.63) is 46.3 Å². The number of para-hydroxylation sites is 1. The summed E-state index contributed by atoms with van der Waals surface area (Å²) in [6.07, 6.45) is 1.38. The largest absolute Gasteiger partial charge is 0.351 e. The maximum absolute atomic E-state index is 11.6. The Labute approximate surface area is 101 Å². The van der Waals surface area contributed by atoms with Crippen molar-refractivity contribution in [2.75, 3.05) is 5.32 Å². The highest BCUT2D eigenvalue weighted by atomic mass is 35.5. The van der Waals surface area contributed by atoms with Crippen LogP contribution in [0.3, 0.4) is 0 Å². The van der Waals surface area contributed by atoms with E-state index in [1.807, 2.05) is 0 Å². The molecule has 0 unspecified atom stereocenters. The van der Waals surface area contributed by atoms with E-state index in [-0.39, 0.29) is 5.76 Å². The summed E-state index contributed by atoms with van der Waals surface area (Å²) >= 11 is 11.8. The fourth-order valence-corrected chi connectivity index (χ4v) is 1.62. The van der Waals surface area contributed by atoms with Crippen molar-refractivity contribution < 1.29 is 9.32 Å². The van der Waals surface area contributed by atoms with E-state index in [1.165, 1.54) is 12.3 Å². The van der Waals surface area contributed by atoms with E-state index in [2.05, 4.69) is 10.5 Å². The number of rotatable bonds is 2. The van der Waals surface area contributed by atoms with E-state index in [4.69, 9.17) is 27.7 Å². The predicted molar refractivity (Wildman–Crippen MR) is 60.9 cm³/mol. The molecule has 0 radical (unpaired) electrons. The van der Waals surface area contributed by atoms with Crippen LogP contribution in [0.5, 0.6) is 0 Å². The maximum Gasteiger partial charge on any atom is 0.294 e. The van der Waals surface area contributed by atoms with E-state index in [1.54, 1.807) is 18.2 Å². The van der Waals surface area contributed by atoms with Gasteiger partial charge in [0.1, 0.15) is 0 Å². The maximum atomic E-state index is 11.6. The Morgan fingerprint density at radius 3 is 2.50 bits per heavy atom. The minimum atomic E-state index is -0.451. The highest BCUT2D eigenvalue weighted by Crippen LogP contribution is 2.30. The molecule has 16 heavy (non-hydrogen) atoms. The van der Waals surface area contributed by atoms with Crippen LogP contribution in [0.4, 0.5) is 5.69 Å². The van der Waals surface area contributed by atoms with Gasteiger partial charge in [0.2, 0.25) is 5.76 Å².